The second-order valence-corrected chi connectivity index (χ2v) is 6.81. The highest BCUT2D eigenvalue weighted by atomic mass is 16.5. The van der Waals surface area contributed by atoms with Gasteiger partial charge in [-0.15, -0.1) is 0 Å². The molecule has 0 saturated heterocycles. The third-order valence-corrected chi connectivity index (χ3v) is 3.75. The number of carbonyl (C=O) groups excluding carboxylic acids is 1. The zero-order valence-electron chi connectivity index (χ0n) is 13.2. The number of amides is 1. The van der Waals surface area contributed by atoms with E-state index in [1.165, 1.54) is 5.56 Å². The normalized spacial score (nSPS) is 16.5. The lowest BCUT2D eigenvalue weighted by Gasteiger charge is -2.19. The summed E-state index contributed by atoms with van der Waals surface area (Å²) in [6.07, 6.45) is 2.88. The first-order chi connectivity index (χ1) is 9.86. The van der Waals surface area contributed by atoms with Crippen molar-refractivity contribution in [2.45, 2.75) is 57.5 Å². The number of carbonyl (C=O) groups is 1. The molecule has 1 aromatic rings. The van der Waals surface area contributed by atoms with E-state index in [4.69, 9.17) is 10.5 Å². The summed E-state index contributed by atoms with van der Waals surface area (Å²) < 4.78 is 5.71. The van der Waals surface area contributed by atoms with Crippen LogP contribution in [0.5, 0.6) is 5.75 Å². The molecule has 1 fully saturated rings. The molecule has 0 bridgehead atoms. The van der Waals surface area contributed by atoms with Crippen molar-refractivity contribution in [2.24, 2.45) is 5.73 Å². The number of benzene rings is 1. The Morgan fingerprint density at radius 2 is 1.95 bits per heavy atom. The predicted octanol–water partition coefficient (Wildman–Crippen LogP) is 2.36. The molecule has 4 heteroatoms. The van der Waals surface area contributed by atoms with Gasteiger partial charge in [0.1, 0.15) is 5.75 Å². The van der Waals surface area contributed by atoms with Crippen LogP contribution in [0.2, 0.25) is 0 Å². The summed E-state index contributed by atoms with van der Waals surface area (Å²) in [6.45, 7) is 7.04. The van der Waals surface area contributed by atoms with Crippen LogP contribution in [0, 0.1) is 0 Å². The molecule has 1 unspecified atom stereocenters. The molecule has 0 aliphatic heterocycles. The van der Waals surface area contributed by atoms with Gasteiger partial charge in [0.25, 0.3) is 0 Å². The quantitative estimate of drug-likeness (QED) is 0.810. The molecule has 0 aromatic heterocycles. The molecule has 116 valence electrons. The maximum absolute atomic E-state index is 11.4. The van der Waals surface area contributed by atoms with Crippen LogP contribution in [0.15, 0.2) is 24.3 Å². The van der Waals surface area contributed by atoms with Crippen LogP contribution in [0.4, 0.5) is 0 Å². The number of ether oxygens (including phenoxy) is 1. The lowest BCUT2D eigenvalue weighted by Crippen LogP contribution is -2.43. The summed E-state index contributed by atoms with van der Waals surface area (Å²) in [5.41, 5.74) is 6.82. The Morgan fingerprint density at radius 1 is 1.33 bits per heavy atom. The molecule has 1 aromatic carbocycles. The van der Waals surface area contributed by atoms with E-state index < -0.39 is 0 Å². The van der Waals surface area contributed by atoms with Crippen LogP contribution in [0.1, 0.15) is 45.6 Å². The Morgan fingerprint density at radius 3 is 2.43 bits per heavy atom. The molecule has 1 aliphatic carbocycles. The van der Waals surface area contributed by atoms with Crippen molar-refractivity contribution in [3.8, 4) is 5.75 Å². The molecule has 3 N–H and O–H groups in total. The fraction of sp³-hybridized carbons (Fsp3) is 0.588. The van der Waals surface area contributed by atoms with E-state index in [0.29, 0.717) is 19.1 Å². The zero-order valence-corrected chi connectivity index (χ0v) is 13.2. The fourth-order valence-electron chi connectivity index (χ4n) is 2.19. The van der Waals surface area contributed by atoms with Gasteiger partial charge in [0, 0.05) is 12.5 Å². The standard InChI is InChI=1S/C17H26N2O2/c1-17(2,3)12-4-8-14(9-5-12)21-11-10-15(16(18)20)19-13-6-7-13/h4-5,8-9,13,15,19H,6-7,10-11H2,1-3H3,(H2,18,20). The van der Waals surface area contributed by atoms with Gasteiger partial charge in [-0.1, -0.05) is 32.9 Å². The Bertz CT molecular complexity index is 473. The highest BCUT2D eigenvalue weighted by Crippen LogP contribution is 2.24. The molecule has 1 aliphatic rings. The van der Waals surface area contributed by atoms with E-state index in [0.717, 1.165) is 18.6 Å². The minimum Gasteiger partial charge on any atom is -0.494 e. The van der Waals surface area contributed by atoms with Crippen molar-refractivity contribution in [1.82, 2.24) is 5.32 Å². The van der Waals surface area contributed by atoms with Crippen molar-refractivity contribution >= 4 is 5.91 Å². The van der Waals surface area contributed by atoms with Crippen LogP contribution < -0.4 is 15.8 Å². The summed E-state index contributed by atoms with van der Waals surface area (Å²) in [5.74, 6) is 0.534. The minimum absolute atomic E-state index is 0.143. The number of rotatable bonds is 7. The highest BCUT2D eigenvalue weighted by molar-refractivity contribution is 5.79. The van der Waals surface area contributed by atoms with Gasteiger partial charge in [0.05, 0.1) is 12.6 Å². The van der Waals surface area contributed by atoms with Gasteiger partial charge in [0.2, 0.25) is 5.91 Å². The van der Waals surface area contributed by atoms with E-state index in [9.17, 15) is 4.79 Å². The van der Waals surface area contributed by atoms with Crippen LogP contribution in [-0.2, 0) is 10.2 Å². The smallest absolute Gasteiger partial charge is 0.234 e. The summed E-state index contributed by atoms with van der Waals surface area (Å²) in [7, 11) is 0. The Balaban J connectivity index is 1.80. The molecule has 1 atom stereocenters. The fourth-order valence-corrected chi connectivity index (χ4v) is 2.19. The van der Waals surface area contributed by atoms with E-state index >= 15 is 0 Å². The van der Waals surface area contributed by atoms with E-state index in [-0.39, 0.29) is 17.4 Å². The van der Waals surface area contributed by atoms with Crippen molar-refractivity contribution in [2.75, 3.05) is 6.61 Å². The zero-order chi connectivity index (χ0) is 15.5. The number of nitrogens with one attached hydrogen (secondary N) is 1. The summed E-state index contributed by atoms with van der Waals surface area (Å²) in [4.78, 5) is 11.4. The van der Waals surface area contributed by atoms with Crippen molar-refractivity contribution in [1.29, 1.82) is 0 Å². The second kappa shape index (κ2) is 6.48. The van der Waals surface area contributed by atoms with Crippen LogP contribution in [-0.4, -0.2) is 24.6 Å². The van der Waals surface area contributed by atoms with E-state index in [1.54, 1.807) is 0 Å². The first-order valence-corrected chi connectivity index (χ1v) is 7.65. The largest absolute Gasteiger partial charge is 0.494 e. The predicted molar refractivity (Wildman–Crippen MR) is 84.4 cm³/mol. The van der Waals surface area contributed by atoms with Gasteiger partial charge in [-0.3, -0.25) is 4.79 Å². The SMILES string of the molecule is CC(C)(C)c1ccc(OCCC(NC2CC2)C(N)=O)cc1. The van der Waals surface area contributed by atoms with Gasteiger partial charge in [-0.2, -0.15) is 0 Å². The maximum atomic E-state index is 11.4. The maximum Gasteiger partial charge on any atom is 0.234 e. The molecule has 0 radical (unpaired) electrons. The monoisotopic (exact) mass is 290 g/mol. The molecule has 1 amide bonds. The third-order valence-electron chi connectivity index (χ3n) is 3.75. The number of hydrogen-bond acceptors (Lipinski definition) is 3. The Kier molecular flexibility index (Phi) is 4.88. The van der Waals surface area contributed by atoms with Crippen molar-refractivity contribution in [3.63, 3.8) is 0 Å². The van der Waals surface area contributed by atoms with Gasteiger partial charge in [-0.25, -0.2) is 0 Å². The summed E-state index contributed by atoms with van der Waals surface area (Å²) >= 11 is 0. The second-order valence-electron chi connectivity index (χ2n) is 6.81. The van der Waals surface area contributed by atoms with Crippen LogP contribution >= 0.6 is 0 Å². The number of hydrogen-bond donors (Lipinski definition) is 2. The molecule has 1 saturated carbocycles. The van der Waals surface area contributed by atoms with E-state index in [2.05, 4.69) is 38.2 Å². The van der Waals surface area contributed by atoms with Gasteiger partial charge in [-0.05, 0) is 36.0 Å². The molecule has 2 rings (SSSR count). The summed E-state index contributed by atoms with van der Waals surface area (Å²) in [6, 6.07) is 8.31. The van der Waals surface area contributed by atoms with Crippen molar-refractivity contribution in [3.05, 3.63) is 29.8 Å². The van der Waals surface area contributed by atoms with Crippen LogP contribution in [0.25, 0.3) is 0 Å². The molecule has 0 spiro atoms. The average Bonchev–Trinajstić information content (AvgIpc) is 3.21. The van der Waals surface area contributed by atoms with Gasteiger partial charge >= 0.3 is 0 Å². The lowest BCUT2D eigenvalue weighted by molar-refractivity contribution is -0.120. The Labute approximate surface area is 127 Å². The average molecular weight is 290 g/mol. The first-order valence-electron chi connectivity index (χ1n) is 7.65. The topological polar surface area (TPSA) is 64.3 Å². The molecular formula is C17H26N2O2. The number of nitrogens with two attached hydrogens (primary N) is 1. The molecule has 4 nitrogen and oxygen atoms in total. The Hall–Kier alpha value is -1.55. The minimum atomic E-state index is -0.298. The molecular weight excluding hydrogens is 264 g/mol. The lowest BCUT2D eigenvalue weighted by atomic mass is 9.87. The third kappa shape index (κ3) is 5.05. The first kappa shape index (κ1) is 15.8. The number of primary amides is 1. The van der Waals surface area contributed by atoms with E-state index in [1.807, 2.05) is 12.1 Å². The molecule has 0 heterocycles. The van der Waals surface area contributed by atoms with Crippen molar-refractivity contribution < 1.29 is 9.53 Å². The summed E-state index contributed by atoms with van der Waals surface area (Å²) in [5, 5.41) is 3.25. The van der Waals surface area contributed by atoms with Crippen LogP contribution in [0.3, 0.4) is 0 Å². The molecule has 21 heavy (non-hydrogen) atoms. The van der Waals surface area contributed by atoms with Gasteiger partial charge < -0.3 is 15.8 Å². The van der Waals surface area contributed by atoms with Gasteiger partial charge in [0.15, 0.2) is 0 Å². The highest BCUT2D eigenvalue weighted by Gasteiger charge is 2.27.